The van der Waals surface area contributed by atoms with Crippen LogP contribution in [0.3, 0.4) is 0 Å². The number of aliphatic hydroxyl groups excluding tert-OH is 1. The molecule has 2 atom stereocenters. The lowest BCUT2D eigenvalue weighted by atomic mass is 9.85. The number of hydrogen-bond donors (Lipinski definition) is 2. The van der Waals surface area contributed by atoms with E-state index in [2.05, 4.69) is 5.32 Å². The average Bonchev–Trinajstić information content (AvgIpc) is 2.27. The first-order valence-electron chi connectivity index (χ1n) is 6.43. The maximum Gasteiger partial charge on any atom is 0.225 e. The maximum absolute atomic E-state index is 11.9. The van der Waals surface area contributed by atoms with Gasteiger partial charge >= 0.3 is 0 Å². The third kappa shape index (κ3) is 3.48. The Morgan fingerprint density at radius 2 is 2.00 bits per heavy atom. The fourth-order valence-electron chi connectivity index (χ4n) is 2.05. The van der Waals surface area contributed by atoms with Gasteiger partial charge in [0.1, 0.15) is 0 Å². The third-order valence-corrected chi connectivity index (χ3v) is 3.89. The van der Waals surface area contributed by atoms with E-state index in [0.717, 1.165) is 25.7 Å². The summed E-state index contributed by atoms with van der Waals surface area (Å²) < 4.78 is 0. The van der Waals surface area contributed by atoms with E-state index in [-0.39, 0.29) is 23.3 Å². The Bertz CT molecular complexity index is 238. The van der Waals surface area contributed by atoms with Crippen molar-refractivity contribution in [1.29, 1.82) is 0 Å². The Kier molecular flexibility index (Phi) is 4.78. The molecular formula is C13H25NO2. The number of amides is 1. The van der Waals surface area contributed by atoms with Crippen molar-refractivity contribution < 1.29 is 9.90 Å². The van der Waals surface area contributed by atoms with Crippen molar-refractivity contribution in [2.45, 2.75) is 59.0 Å². The zero-order chi connectivity index (χ0) is 12.2. The predicted octanol–water partition coefficient (Wildman–Crippen LogP) is 2.09. The molecule has 2 unspecified atom stereocenters. The van der Waals surface area contributed by atoms with Crippen LogP contribution >= 0.6 is 0 Å². The van der Waals surface area contributed by atoms with Gasteiger partial charge in [-0.1, -0.05) is 33.6 Å². The number of nitrogens with one attached hydrogen (secondary N) is 1. The molecule has 1 amide bonds. The topological polar surface area (TPSA) is 49.3 Å². The monoisotopic (exact) mass is 227 g/mol. The van der Waals surface area contributed by atoms with Gasteiger partial charge in [-0.25, -0.2) is 0 Å². The molecule has 94 valence electrons. The van der Waals surface area contributed by atoms with Gasteiger partial charge in [0.15, 0.2) is 0 Å². The molecule has 1 fully saturated rings. The summed E-state index contributed by atoms with van der Waals surface area (Å²) in [6.07, 6.45) is 4.83. The summed E-state index contributed by atoms with van der Waals surface area (Å²) >= 11 is 0. The van der Waals surface area contributed by atoms with E-state index < -0.39 is 0 Å². The van der Waals surface area contributed by atoms with Gasteiger partial charge in [0.25, 0.3) is 0 Å². The molecule has 2 N–H and O–H groups in total. The van der Waals surface area contributed by atoms with Crippen molar-refractivity contribution in [2.24, 2.45) is 11.3 Å². The molecule has 0 aromatic heterocycles. The Hall–Kier alpha value is -0.570. The maximum atomic E-state index is 11.9. The third-order valence-electron chi connectivity index (χ3n) is 3.89. The van der Waals surface area contributed by atoms with Crippen LogP contribution in [0.4, 0.5) is 0 Å². The van der Waals surface area contributed by atoms with E-state index in [1.54, 1.807) is 0 Å². The lowest BCUT2D eigenvalue weighted by Gasteiger charge is -2.29. The van der Waals surface area contributed by atoms with Crippen molar-refractivity contribution in [3.8, 4) is 0 Å². The standard InChI is InChI=1S/C13H25NO2/c1-4-13(2,3)12(16)14-9-10-7-5-6-8-11(10)15/h10-11,15H,4-9H2,1-3H3,(H,14,16). The van der Waals surface area contributed by atoms with Crippen molar-refractivity contribution in [3.63, 3.8) is 0 Å². The molecule has 16 heavy (non-hydrogen) atoms. The van der Waals surface area contributed by atoms with Crippen LogP contribution < -0.4 is 5.32 Å². The van der Waals surface area contributed by atoms with E-state index in [4.69, 9.17) is 0 Å². The number of hydrogen-bond acceptors (Lipinski definition) is 2. The summed E-state index contributed by atoms with van der Waals surface area (Å²) in [5, 5.41) is 12.8. The largest absolute Gasteiger partial charge is 0.393 e. The molecule has 0 saturated heterocycles. The lowest BCUT2D eigenvalue weighted by molar-refractivity contribution is -0.129. The highest BCUT2D eigenvalue weighted by molar-refractivity contribution is 5.81. The zero-order valence-corrected chi connectivity index (χ0v) is 10.8. The van der Waals surface area contributed by atoms with E-state index in [0.29, 0.717) is 6.54 Å². The molecule has 1 rings (SSSR count). The highest BCUT2D eigenvalue weighted by atomic mass is 16.3. The number of rotatable bonds is 4. The molecule has 0 heterocycles. The van der Waals surface area contributed by atoms with Crippen LogP contribution in [0.5, 0.6) is 0 Å². The number of aliphatic hydroxyl groups is 1. The minimum absolute atomic E-state index is 0.104. The molecule has 0 bridgehead atoms. The summed E-state index contributed by atoms with van der Waals surface area (Å²) in [7, 11) is 0. The molecule has 3 heteroatoms. The quantitative estimate of drug-likeness (QED) is 0.772. The summed E-state index contributed by atoms with van der Waals surface area (Å²) in [6.45, 7) is 6.57. The lowest BCUT2D eigenvalue weighted by Crippen LogP contribution is -2.42. The summed E-state index contributed by atoms with van der Waals surface area (Å²) in [5.74, 6) is 0.359. The molecule has 1 saturated carbocycles. The van der Waals surface area contributed by atoms with Gasteiger partial charge in [-0.3, -0.25) is 4.79 Å². The van der Waals surface area contributed by atoms with Gasteiger partial charge in [0, 0.05) is 17.9 Å². The molecule has 0 aromatic rings. The molecule has 1 aliphatic carbocycles. The molecule has 1 aliphatic rings. The summed E-state index contributed by atoms with van der Waals surface area (Å²) in [5.41, 5.74) is -0.292. The van der Waals surface area contributed by atoms with Crippen molar-refractivity contribution >= 4 is 5.91 Å². The smallest absolute Gasteiger partial charge is 0.225 e. The highest BCUT2D eigenvalue weighted by Gasteiger charge is 2.28. The molecular weight excluding hydrogens is 202 g/mol. The second-order valence-electron chi connectivity index (χ2n) is 5.56. The average molecular weight is 227 g/mol. The van der Waals surface area contributed by atoms with E-state index >= 15 is 0 Å². The minimum atomic E-state index is -0.292. The number of carbonyl (C=O) groups excluding carboxylic acids is 1. The van der Waals surface area contributed by atoms with Gasteiger partial charge in [-0.15, -0.1) is 0 Å². The second kappa shape index (κ2) is 5.67. The van der Waals surface area contributed by atoms with Crippen LogP contribution in [-0.4, -0.2) is 23.7 Å². The van der Waals surface area contributed by atoms with Crippen molar-refractivity contribution in [1.82, 2.24) is 5.32 Å². The first kappa shape index (κ1) is 13.5. The first-order valence-corrected chi connectivity index (χ1v) is 6.43. The van der Waals surface area contributed by atoms with Crippen LogP contribution in [0.25, 0.3) is 0 Å². The van der Waals surface area contributed by atoms with E-state index in [9.17, 15) is 9.90 Å². The van der Waals surface area contributed by atoms with Crippen molar-refractivity contribution in [3.05, 3.63) is 0 Å². The van der Waals surface area contributed by atoms with Crippen LogP contribution in [0.1, 0.15) is 52.9 Å². The predicted molar refractivity (Wildman–Crippen MR) is 65.0 cm³/mol. The van der Waals surface area contributed by atoms with Gasteiger partial charge in [-0.05, 0) is 19.3 Å². The van der Waals surface area contributed by atoms with Gasteiger partial charge in [-0.2, -0.15) is 0 Å². The fourth-order valence-corrected chi connectivity index (χ4v) is 2.05. The normalized spacial score (nSPS) is 26.5. The fraction of sp³-hybridized carbons (Fsp3) is 0.923. The first-order chi connectivity index (χ1) is 7.47. The van der Waals surface area contributed by atoms with Gasteiger partial charge in [0.05, 0.1) is 6.10 Å². The second-order valence-corrected chi connectivity index (χ2v) is 5.56. The minimum Gasteiger partial charge on any atom is -0.393 e. The van der Waals surface area contributed by atoms with Crippen LogP contribution in [0.15, 0.2) is 0 Å². The summed E-state index contributed by atoms with van der Waals surface area (Å²) in [4.78, 5) is 11.9. The van der Waals surface area contributed by atoms with E-state index in [1.807, 2.05) is 20.8 Å². The Morgan fingerprint density at radius 1 is 1.38 bits per heavy atom. The number of carbonyl (C=O) groups is 1. The molecule has 0 aliphatic heterocycles. The van der Waals surface area contributed by atoms with Crippen molar-refractivity contribution in [2.75, 3.05) is 6.54 Å². The SMILES string of the molecule is CCC(C)(C)C(=O)NCC1CCCCC1O. The van der Waals surface area contributed by atoms with Gasteiger partial charge < -0.3 is 10.4 Å². The van der Waals surface area contributed by atoms with E-state index in [1.165, 1.54) is 6.42 Å². The molecule has 0 radical (unpaired) electrons. The Balaban J connectivity index is 2.36. The van der Waals surface area contributed by atoms with Gasteiger partial charge in [0.2, 0.25) is 5.91 Å². The highest BCUT2D eigenvalue weighted by Crippen LogP contribution is 2.24. The Labute approximate surface area is 98.6 Å². The van der Waals surface area contributed by atoms with Crippen LogP contribution in [-0.2, 0) is 4.79 Å². The zero-order valence-electron chi connectivity index (χ0n) is 10.8. The summed E-state index contributed by atoms with van der Waals surface area (Å²) in [6, 6.07) is 0. The van der Waals surface area contributed by atoms with Crippen LogP contribution in [0, 0.1) is 11.3 Å². The Morgan fingerprint density at radius 3 is 2.56 bits per heavy atom. The molecule has 0 spiro atoms. The molecule has 3 nitrogen and oxygen atoms in total. The van der Waals surface area contributed by atoms with Crippen LogP contribution in [0.2, 0.25) is 0 Å². The molecule has 0 aromatic carbocycles.